The zero-order valence-corrected chi connectivity index (χ0v) is 13.8. The van der Waals surface area contributed by atoms with E-state index >= 15 is 0 Å². The van der Waals surface area contributed by atoms with Crippen LogP contribution in [0.25, 0.3) is 0 Å². The first-order valence-corrected chi connectivity index (χ1v) is 7.96. The zero-order valence-electron chi connectivity index (χ0n) is 13.8. The highest BCUT2D eigenvalue weighted by Gasteiger charge is 2.23. The highest BCUT2D eigenvalue weighted by molar-refractivity contribution is 4.76. The largest absolute Gasteiger partial charge is 0.316 e. The molecule has 0 aliphatic rings. The summed E-state index contributed by atoms with van der Waals surface area (Å²) in [5.41, 5.74) is 24.6. The quantitative estimate of drug-likeness (QED) is 0.409. The molecule has 0 fully saturated rings. The maximum atomic E-state index is 6.16. The summed E-state index contributed by atoms with van der Waals surface area (Å²) in [6.07, 6.45) is 3.48. The Bertz CT molecular complexity index is 194. The number of nitrogens with zero attached hydrogens (tertiary/aromatic N) is 2. The van der Waals surface area contributed by atoms with E-state index in [0.717, 1.165) is 38.8 Å². The second kappa shape index (κ2) is 10.5. The van der Waals surface area contributed by atoms with Gasteiger partial charge in [-0.3, -0.25) is 9.80 Å². The van der Waals surface area contributed by atoms with Gasteiger partial charge in [-0.25, -0.2) is 0 Å². The Morgan fingerprint density at radius 3 is 0.900 bits per heavy atom. The lowest BCUT2D eigenvalue weighted by atomic mass is 10.2. The SMILES string of the molecule is CCC(N)N(CCN(C(N)CC)C(N)CC)C(N)CC. The van der Waals surface area contributed by atoms with E-state index in [1.807, 2.05) is 0 Å². The maximum absolute atomic E-state index is 6.16. The van der Waals surface area contributed by atoms with Crippen LogP contribution in [0, 0.1) is 0 Å². The molecule has 0 aromatic heterocycles. The van der Waals surface area contributed by atoms with Gasteiger partial charge in [-0.1, -0.05) is 27.7 Å². The minimum atomic E-state index is -0.0116. The minimum Gasteiger partial charge on any atom is -0.316 e. The molecule has 0 aromatic carbocycles. The first-order valence-electron chi connectivity index (χ1n) is 7.96. The van der Waals surface area contributed by atoms with Gasteiger partial charge in [0.2, 0.25) is 0 Å². The van der Waals surface area contributed by atoms with E-state index in [1.165, 1.54) is 0 Å². The fraction of sp³-hybridized carbons (Fsp3) is 1.00. The minimum absolute atomic E-state index is 0.0116. The van der Waals surface area contributed by atoms with Gasteiger partial charge in [0.25, 0.3) is 0 Å². The van der Waals surface area contributed by atoms with E-state index in [1.54, 1.807) is 0 Å². The Balaban J connectivity index is 4.68. The second-order valence-electron chi connectivity index (χ2n) is 5.38. The summed E-state index contributed by atoms with van der Waals surface area (Å²) in [7, 11) is 0. The summed E-state index contributed by atoms with van der Waals surface area (Å²) < 4.78 is 0. The molecule has 0 bridgehead atoms. The van der Waals surface area contributed by atoms with Crippen molar-refractivity contribution < 1.29 is 0 Å². The van der Waals surface area contributed by atoms with E-state index in [2.05, 4.69) is 37.5 Å². The van der Waals surface area contributed by atoms with E-state index in [4.69, 9.17) is 22.9 Å². The molecule has 0 heterocycles. The average Bonchev–Trinajstić information content (AvgIpc) is 2.48. The molecule has 0 aliphatic heterocycles. The van der Waals surface area contributed by atoms with Crippen LogP contribution in [0.2, 0.25) is 0 Å². The molecule has 6 heteroatoms. The Kier molecular flexibility index (Phi) is 10.4. The van der Waals surface area contributed by atoms with Crippen LogP contribution in [0.1, 0.15) is 53.4 Å². The van der Waals surface area contributed by atoms with Crippen LogP contribution in [0.4, 0.5) is 0 Å². The van der Waals surface area contributed by atoms with Gasteiger partial charge < -0.3 is 22.9 Å². The number of hydrogen-bond acceptors (Lipinski definition) is 6. The molecular formula is C14H36N6. The van der Waals surface area contributed by atoms with Gasteiger partial charge in [0.05, 0.1) is 24.7 Å². The van der Waals surface area contributed by atoms with Crippen LogP contribution in [-0.4, -0.2) is 47.6 Å². The Hall–Kier alpha value is -0.240. The first-order chi connectivity index (χ1) is 9.42. The fourth-order valence-corrected chi connectivity index (χ4v) is 2.32. The van der Waals surface area contributed by atoms with Crippen LogP contribution < -0.4 is 22.9 Å². The van der Waals surface area contributed by atoms with Crippen LogP contribution in [0.3, 0.4) is 0 Å². The third-order valence-corrected chi connectivity index (χ3v) is 3.99. The Morgan fingerprint density at radius 1 is 0.550 bits per heavy atom. The molecule has 4 unspecified atom stereocenters. The lowest BCUT2D eigenvalue weighted by Gasteiger charge is -2.38. The van der Waals surface area contributed by atoms with Crippen molar-refractivity contribution in [3.05, 3.63) is 0 Å². The van der Waals surface area contributed by atoms with Crippen LogP contribution in [0.15, 0.2) is 0 Å². The topological polar surface area (TPSA) is 111 Å². The molecule has 0 aromatic rings. The summed E-state index contributed by atoms with van der Waals surface area (Å²) in [5, 5.41) is 0. The number of nitrogens with two attached hydrogens (primary N) is 4. The predicted octanol–water partition coefficient (Wildman–Crippen LogP) is 0.370. The summed E-state index contributed by atoms with van der Waals surface area (Å²) in [6, 6.07) is 0. The summed E-state index contributed by atoms with van der Waals surface area (Å²) in [6.45, 7) is 9.90. The van der Waals surface area contributed by atoms with Crippen LogP contribution in [0.5, 0.6) is 0 Å². The summed E-state index contributed by atoms with van der Waals surface area (Å²) in [5.74, 6) is 0. The monoisotopic (exact) mass is 288 g/mol. The molecule has 20 heavy (non-hydrogen) atoms. The van der Waals surface area contributed by atoms with E-state index in [0.29, 0.717) is 0 Å². The van der Waals surface area contributed by atoms with Gasteiger partial charge in [-0.2, -0.15) is 0 Å². The van der Waals surface area contributed by atoms with E-state index < -0.39 is 0 Å². The van der Waals surface area contributed by atoms with Crippen molar-refractivity contribution in [3.8, 4) is 0 Å². The predicted molar refractivity (Wildman–Crippen MR) is 86.5 cm³/mol. The molecule has 6 nitrogen and oxygen atoms in total. The standard InChI is InChI=1S/C14H36N6/c1-5-11(15)19(12(16)6-2)9-10-20(13(17)7-3)14(18)8-4/h11-14H,5-10,15-18H2,1-4H3. The van der Waals surface area contributed by atoms with Gasteiger partial charge in [-0.05, 0) is 25.7 Å². The third kappa shape index (κ3) is 6.03. The molecule has 0 aliphatic carbocycles. The zero-order chi connectivity index (χ0) is 15.7. The summed E-state index contributed by atoms with van der Waals surface area (Å²) in [4.78, 5) is 4.30. The molecule has 0 radical (unpaired) electrons. The van der Waals surface area contributed by atoms with Crippen molar-refractivity contribution in [2.24, 2.45) is 22.9 Å². The maximum Gasteiger partial charge on any atom is 0.0583 e. The molecule has 122 valence electrons. The lowest BCUT2D eigenvalue weighted by Crippen LogP contribution is -2.58. The molecular weight excluding hydrogens is 252 g/mol. The first kappa shape index (κ1) is 19.8. The highest BCUT2D eigenvalue weighted by Crippen LogP contribution is 2.09. The van der Waals surface area contributed by atoms with Crippen LogP contribution in [-0.2, 0) is 0 Å². The van der Waals surface area contributed by atoms with Crippen molar-refractivity contribution >= 4 is 0 Å². The highest BCUT2D eigenvalue weighted by atomic mass is 15.3. The van der Waals surface area contributed by atoms with Gasteiger partial charge >= 0.3 is 0 Å². The Morgan fingerprint density at radius 2 is 0.750 bits per heavy atom. The van der Waals surface area contributed by atoms with Crippen molar-refractivity contribution in [1.82, 2.24) is 9.80 Å². The third-order valence-electron chi connectivity index (χ3n) is 3.99. The van der Waals surface area contributed by atoms with Gasteiger partial charge in [-0.15, -0.1) is 0 Å². The van der Waals surface area contributed by atoms with Gasteiger partial charge in [0, 0.05) is 13.1 Å². The molecule has 0 spiro atoms. The van der Waals surface area contributed by atoms with E-state index in [-0.39, 0.29) is 24.7 Å². The fourth-order valence-electron chi connectivity index (χ4n) is 2.32. The molecule has 0 amide bonds. The average molecular weight is 288 g/mol. The van der Waals surface area contributed by atoms with Gasteiger partial charge in [0.15, 0.2) is 0 Å². The lowest BCUT2D eigenvalue weighted by molar-refractivity contribution is 0.0735. The smallest absolute Gasteiger partial charge is 0.0583 e. The van der Waals surface area contributed by atoms with Crippen molar-refractivity contribution in [3.63, 3.8) is 0 Å². The molecule has 8 N–H and O–H groups in total. The van der Waals surface area contributed by atoms with Crippen LogP contribution >= 0.6 is 0 Å². The molecule has 0 saturated carbocycles. The Labute approximate surface area is 124 Å². The second-order valence-corrected chi connectivity index (χ2v) is 5.38. The number of rotatable bonds is 11. The summed E-state index contributed by atoms with van der Waals surface area (Å²) >= 11 is 0. The van der Waals surface area contributed by atoms with Crippen molar-refractivity contribution in [2.45, 2.75) is 78.0 Å². The number of hydrogen-bond donors (Lipinski definition) is 4. The van der Waals surface area contributed by atoms with E-state index in [9.17, 15) is 0 Å². The molecule has 4 atom stereocenters. The van der Waals surface area contributed by atoms with Crippen molar-refractivity contribution in [2.75, 3.05) is 13.1 Å². The molecule has 0 rings (SSSR count). The van der Waals surface area contributed by atoms with Gasteiger partial charge in [0.1, 0.15) is 0 Å². The normalized spacial score (nSPS) is 18.3. The van der Waals surface area contributed by atoms with Crippen molar-refractivity contribution in [1.29, 1.82) is 0 Å². The molecule has 0 saturated heterocycles.